The molecule has 0 aromatic heterocycles. The summed E-state index contributed by atoms with van der Waals surface area (Å²) in [4.78, 5) is 0. The van der Waals surface area contributed by atoms with E-state index in [0.29, 0.717) is 0 Å². The number of benzene rings is 1. The van der Waals surface area contributed by atoms with Crippen LogP contribution in [0, 0.1) is 0 Å². The van der Waals surface area contributed by atoms with Crippen LogP contribution >= 0.6 is 0 Å². The van der Waals surface area contributed by atoms with E-state index in [-0.39, 0.29) is 0 Å². The second kappa shape index (κ2) is 6.05. The van der Waals surface area contributed by atoms with Crippen molar-refractivity contribution in [1.82, 2.24) is 0 Å². The fourth-order valence-corrected chi connectivity index (χ4v) is 1.29. The quantitative estimate of drug-likeness (QED) is 0.749. The van der Waals surface area contributed by atoms with Crippen molar-refractivity contribution in [2.75, 3.05) is 26.1 Å². The fourth-order valence-electron chi connectivity index (χ4n) is 1.29. The van der Waals surface area contributed by atoms with Crippen LogP contribution in [-0.4, -0.2) is 20.8 Å². The first-order valence-corrected chi connectivity index (χ1v) is 5.33. The van der Waals surface area contributed by atoms with Crippen LogP contribution in [0.25, 0.3) is 0 Å². The predicted molar refractivity (Wildman–Crippen MR) is 67.5 cm³/mol. The van der Waals surface area contributed by atoms with Crippen molar-refractivity contribution in [3.05, 3.63) is 30.4 Å². The third-order valence-electron chi connectivity index (χ3n) is 2.44. The van der Waals surface area contributed by atoms with Gasteiger partial charge in [-0.3, -0.25) is 0 Å². The zero-order valence-corrected chi connectivity index (χ0v) is 10.2. The molecule has 1 aromatic carbocycles. The molecule has 1 N–H and O–H groups in total. The van der Waals surface area contributed by atoms with Gasteiger partial charge in [0.1, 0.15) is 11.5 Å². The molecule has 1 rings (SSSR count). The molecule has 0 fully saturated rings. The fraction of sp³-hybridized carbons (Fsp3) is 0.385. The molecule has 3 nitrogen and oxygen atoms in total. The maximum atomic E-state index is 5.28. The minimum absolute atomic E-state index is 0.763. The van der Waals surface area contributed by atoms with Gasteiger partial charge in [0.25, 0.3) is 0 Å². The topological polar surface area (TPSA) is 30.5 Å². The van der Waals surface area contributed by atoms with Crippen LogP contribution in [0.3, 0.4) is 0 Å². The zero-order chi connectivity index (χ0) is 12.0. The number of hydrogen-bond acceptors (Lipinski definition) is 3. The van der Waals surface area contributed by atoms with Crippen LogP contribution in [0.2, 0.25) is 0 Å². The lowest BCUT2D eigenvalue weighted by molar-refractivity contribution is 0.395. The van der Waals surface area contributed by atoms with Crippen LogP contribution in [0.15, 0.2) is 30.4 Å². The second-order valence-electron chi connectivity index (χ2n) is 3.52. The van der Waals surface area contributed by atoms with Gasteiger partial charge in [0, 0.05) is 12.6 Å². The van der Waals surface area contributed by atoms with E-state index in [1.807, 2.05) is 18.2 Å². The van der Waals surface area contributed by atoms with E-state index >= 15 is 0 Å². The van der Waals surface area contributed by atoms with Gasteiger partial charge in [0.2, 0.25) is 0 Å². The standard InChI is InChI=1S/C13H19NO2/c1-5-10(2)9-14-12-7-6-11(15-3)8-13(12)16-4/h6-8,14H,2,5,9H2,1,3-4H3. The molecule has 0 aliphatic heterocycles. The molecule has 0 saturated heterocycles. The van der Waals surface area contributed by atoms with Gasteiger partial charge < -0.3 is 14.8 Å². The summed E-state index contributed by atoms with van der Waals surface area (Å²) in [6, 6.07) is 5.71. The van der Waals surface area contributed by atoms with Gasteiger partial charge in [-0.25, -0.2) is 0 Å². The van der Waals surface area contributed by atoms with Crippen molar-refractivity contribution in [2.45, 2.75) is 13.3 Å². The Morgan fingerprint density at radius 3 is 2.62 bits per heavy atom. The van der Waals surface area contributed by atoms with E-state index in [4.69, 9.17) is 9.47 Å². The van der Waals surface area contributed by atoms with Gasteiger partial charge in [-0.05, 0) is 18.6 Å². The van der Waals surface area contributed by atoms with Crippen molar-refractivity contribution in [2.24, 2.45) is 0 Å². The monoisotopic (exact) mass is 221 g/mol. The maximum Gasteiger partial charge on any atom is 0.145 e. The first kappa shape index (κ1) is 12.4. The molecule has 1 aromatic rings. The van der Waals surface area contributed by atoms with Crippen LogP contribution in [-0.2, 0) is 0 Å². The summed E-state index contributed by atoms with van der Waals surface area (Å²) in [6.45, 7) is 6.81. The normalized spacial score (nSPS) is 9.69. The Morgan fingerprint density at radius 1 is 1.31 bits per heavy atom. The molecular formula is C13H19NO2. The summed E-state index contributed by atoms with van der Waals surface area (Å²) in [7, 11) is 3.29. The average Bonchev–Trinajstić information content (AvgIpc) is 2.35. The Bertz CT molecular complexity index is 361. The Morgan fingerprint density at radius 2 is 2.06 bits per heavy atom. The van der Waals surface area contributed by atoms with Gasteiger partial charge in [0.15, 0.2) is 0 Å². The van der Waals surface area contributed by atoms with Crippen LogP contribution in [0.1, 0.15) is 13.3 Å². The lowest BCUT2D eigenvalue weighted by atomic mass is 10.2. The molecule has 0 atom stereocenters. The molecule has 0 radical (unpaired) electrons. The minimum Gasteiger partial charge on any atom is -0.497 e. The highest BCUT2D eigenvalue weighted by Gasteiger charge is 2.04. The highest BCUT2D eigenvalue weighted by Crippen LogP contribution is 2.29. The molecule has 3 heteroatoms. The largest absolute Gasteiger partial charge is 0.497 e. The molecule has 0 heterocycles. The smallest absolute Gasteiger partial charge is 0.145 e. The molecule has 88 valence electrons. The van der Waals surface area contributed by atoms with E-state index < -0.39 is 0 Å². The first-order chi connectivity index (χ1) is 7.71. The van der Waals surface area contributed by atoms with Gasteiger partial charge in [-0.15, -0.1) is 0 Å². The second-order valence-corrected chi connectivity index (χ2v) is 3.52. The summed E-state index contributed by atoms with van der Waals surface area (Å²) < 4.78 is 10.4. The Kier molecular flexibility index (Phi) is 4.70. The van der Waals surface area contributed by atoms with Gasteiger partial charge in [-0.2, -0.15) is 0 Å². The molecule has 0 aliphatic carbocycles. The number of nitrogens with one attached hydrogen (secondary N) is 1. The lowest BCUT2D eigenvalue weighted by Crippen LogP contribution is -2.04. The van der Waals surface area contributed by atoms with Crippen molar-refractivity contribution < 1.29 is 9.47 Å². The predicted octanol–water partition coefficient (Wildman–Crippen LogP) is 3.08. The van der Waals surface area contributed by atoms with Gasteiger partial charge in [0.05, 0.1) is 19.9 Å². The summed E-state index contributed by atoms with van der Waals surface area (Å²) in [6.07, 6.45) is 0.978. The van der Waals surface area contributed by atoms with Crippen LogP contribution in [0.5, 0.6) is 11.5 Å². The number of ether oxygens (including phenoxy) is 2. The third kappa shape index (κ3) is 3.19. The molecule has 0 unspecified atom stereocenters. The van der Waals surface area contributed by atoms with E-state index in [1.54, 1.807) is 14.2 Å². The summed E-state index contributed by atoms with van der Waals surface area (Å²) in [5, 5.41) is 3.29. The van der Waals surface area contributed by atoms with Crippen molar-refractivity contribution in [3.63, 3.8) is 0 Å². The summed E-state index contributed by atoms with van der Waals surface area (Å²) >= 11 is 0. The Balaban J connectivity index is 2.75. The lowest BCUT2D eigenvalue weighted by Gasteiger charge is -2.12. The van der Waals surface area contributed by atoms with Crippen LogP contribution in [0.4, 0.5) is 5.69 Å². The summed E-state index contributed by atoms with van der Waals surface area (Å²) in [5.41, 5.74) is 2.12. The number of rotatable bonds is 6. The minimum atomic E-state index is 0.763. The summed E-state index contributed by atoms with van der Waals surface area (Å²) in [5.74, 6) is 1.57. The molecule has 0 bridgehead atoms. The highest BCUT2D eigenvalue weighted by molar-refractivity contribution is 5.59. The number of hydrogen-bond donors (Lipinski definition) is 1. The molecule has 16 heavy (non-hydrogen) atoms. The molecule has 0 saturated carbocycles. The molecule has 0 aliphatic rings. The maximum absolute atomic E-state index is 5.28. The van der Waals surface area contributed by atoms with E-state index in [2.05, 4.69) is 18.8 Å². The third-order valence-corrected chi connectivity index (χ3v) is 2.44. The number of anilines is 1. The van der Waals surface area contributed by atoms with Gasteiger partial charge in [-0.1, -0.05) is 19.1 Å². The van der Waals surface area contributed by atoms with E-state index in [0.717, 1.165) is 35.7 Å². The average molecular weight is 221 g/mol. The van der Waals surface area contributed by atoms with Crippen molar-refractivity contribution in [3.8, 4) is 11.5 Å². The zero-order valence-electron chi connectivity index (χ0n) is 10.2. The highest BCUT2D eigenvalue weighted by atomic mass is 16.5. The van der Waals surface area contributed by atoms with Crippen molar-refractivity contribution >= 4 is 5.69 Å². The Hall–Kier alpha value is -1.64. The SMILES string of the molecule is C=C(CC)CNc1ccc(OC)cc1OC. The van der Waals surface area contributed by atoms with Crippen LogP contribution < -0.4 is 14.8 Å². The van der Waals surface area contributed by atoms with E-state index in [1.165, 1.54) is 0 Å². The van der Waals surface area contributed by atoms with Gasteiger partial charge >= 0.3 is 0 Å². The molecule has 0 spiro atoms. The molecule has 0 amide bonds. The van der Waals surface area contributed by atoms with E-state index in [9.17, 15) is 0 Å². The van der Waals surface area contributed by atoms with Crippen molar-refractivity contribution in [1.29, 1.82) is 0 Å². The Labute approximate surface area is 97.1 Å². The first-order valence-electron chi connectivity index (χ1n) is 5.33. The molecular weight excluding hydrogens is 202 g/mol. The number of methoxy groups -OCH3 is 2.